The maximum Gasteiger partial charge on any atom is 0.177 e. The summed E-state index contributed by atoms with van der Waals surface area (Å²) in [4.78, 5) is 5.30. The van der Waals surface area contributed by atoms with E-state index in [1.807, 2.05) is 42.5 Å². The number of para-hydroxylation sites is 1. The van der Waals surface area contributed by atoms with Crippen LogP contribution < -0.4 is 19.9 Å². The van der Waals surface area contributed by atoms with E-state index in [-0.39, 0.29) is 19.0 Å². The summed E-state index contributed by atoms with van der Waals surface area (Å²) in [5, 5.41) is 3.86. The summed E-state index contributed by atoms with van der Waals surface area (Å²) in [5.41, 5.74) is 6.67. The zero-order valence-electron chi connectivity index (χ0n) is 12.9. The maximum absolute atomic E-state index is 5.78. The molecule has 1 aliphatic heterocycles. The van der Waals surface area contributed by atoms with Crippen molar-refractivity contribution in [2.75, 3.05) is 19.8 Å². The number of nitrogens with zero attached hydrogens (tertiary/aromatic N) is 1. The lowest BCUT2D eigenvalue weighted by atomic mass is 10.2. The summed E-state index contributed by atoms with van der Waals surface area (Å²) in [6.45, 7) is 1.50. The standard InChI is InChI=1S/C17H17BrN2O4/c18-14-9-16-15(21-6-7-22-16)8-12(14)10-24-20-17(19)11-23-13-4-2-1-3-5-13/h1-5,8-9H,6-7,10-11H2,(H2,19,20). The van der Waals surface area contributed by atoms with E-state index in [9.17, 15) is 0 Å². The number of hydrogen-bond acceptors (Lipinski definition) is 5. The van der Waals surface area contributed by atoms with Gasteiger partial charge in [-0.2, -0.15) is 0 Å². The maximum atomic E-state index is 5.78. The van der Waals surface area contributed by atoms with E-state index < -0.39 is 0 Å². The monoisotopic (exact) mass is 392 g/mol. The molecular weight excluding hydrogens is 376 g/mol. The molecule has 2 aromatic rings. The Balaban J connectivity index is 1.53. The first kappa shape index (κ1) is 16.4. The van der Waals surface area contributed by atoms with Crippen LogP contribution in [0.25, 0.3) is 0 Å². The molecule has 2 N–H and O–H groups in total. The van der Waals surface area contributed by atoms with Crippen LogP contribution in [0.15, 0.2) is 52.1 Å². The van der Waals surface area contributed by atoms with Gasteiger partial charge in [-0.25, -0.2) is 0 Å². The highest BCUT2D eigenvalue weighted by Crippen LogP contribution is 2.35. The molecule has 126 valence electrons. The van der Waals surface area contributed by atoms with Crippen molar-refractivity contribution < 1.29 is 19.0 Å². The van der Waals surface area contributed by atoms with E-state index in [0.717, 1.165) is 21.5 Å². The Morgan fingerprint density at radius 3 is 2.58 bits per heavy atom. The molecule has 1 aliphatic rings. The first-order chi connectivity index (χ1) is 11.7. The van der Waals surface area contributed by atoms with Crippen LogP contribution in [0.4, 0.5) is 0 Å². The van der Waals surface area contributed by atoms with E-state index in [2.05, 4.69) is 21.1 Å². The topological polar surface area (TPSA) is 75.3 Å². The van der Waals surface area contributed by atoms with Crippen molar-refractivity contribution >= 4 is 21.8 Å². The molecule has 0 aliphatic carbocycles. The van der Waals surface area contributed by atoms with E-state index in [1.165, 1.54) is 0 Å². The number of nitrogens with two attached hydrogens (primary N) is 1. The minimum absolute atomic E-state index is 0.159. The highest BCUT2D eigenvalue weighted by atomic mass is 79.9. The number of oxime groups is 1. The molecule has 24 heavy (non-hydrogen) atoms. The molecule has 0 spiro atoms. The van der Waals surface area contributed by atoms with Crippen molar-refractivity contribution in [1.82, 2.24) is 0 Å². The van der Waals surface area contributed by atoms with Crippen molar-refractivity contribution in [3.63, 3.8) is 0 Å². The van der Waals surface area contributed by atoms with Crippen LogP contribution in [0.1, 0.15) is 5.56 Å². The van der Waals surface area contributed by atoms with Gasteiger partial charge < -0.3 is 24.8 Å². The van der Waals surface area contributed by atoms with Crippen LogP contribution in [0, 0.1) is 0 Å². The average molecular weight is 393 g/mol. The number of hydrogen-bond donors (Lipinski definition) is 1. The van der Waals surface area contributed by atoms with Gasteiger partial charge in [0.1, 0.15) is 32.2 Å². The molecule has 6 nitrogen and oxygen atoms in total. The molecule has 0 bridgehead atoms. The molecule has 0 fully saturated rings. The summed E-state index contributed by atoms with van der Waals surface area (Å²) >= 11 is 3.48. The fraction of sp³-hybridized carbons (Fsp3) is 0.235. The summed E-state index contributed by atoms with van der Waals surface area (Å²) in [5.74, 6) is 2.40. The van der Waals surface area contributed by atoms with Crippen LogP contribution in [0.5, 0.6) is 17.2 Å². The number of ether oxygens (including phenoxy) is 3. The molecule has 0 atom stereocenters. The molecule has 0 unspecified atom stereocenters. The van der Waals surface area contributed by atoms with Gasteiger partial charge in [-0.1, -0.05) is 39.3 Å². The normalized spacial score (nSPS) is 13.5. The smallest absolute Gasteiger partial charge is 0.177 e. The zero-order valence-corrected chi connectivity index (χ0v) is 14.5. The van der Waals surface area contributed by atoms with Gasteiger partial charge in [-0.15, -0.1) is 0 Å². The summed E-state index contributed by atoms with van der Waals surface area (Å²) in [6.07, 6.45) is 0. The van der Waals surface area contributed by atoms with Crippen LogP contribution in [0.3, 0.4) is 0 Å². The van der Waals surface area contributed by atoms with E-state index >= 15 is 0 Å². The predicted molar refractivity (Wildman–Crippen MR) is 93.5 cm³/mol. The molecule has 0 amide bonds. The molecule has 0 saturated heterocycles. The van der Waals surface area contributed by atoms with Gasteiger partial charge in [0.15, 0.2) is 17.3 Å². The first-order valence-corrected chi connectivity index (χ1v) is 8.22. The Morgan fingerprint density at radius 1 is 1.12 bits per heavy atom. The number of benzene rings is 2. The molecular formula is C17H17BrN2O4. The molecule has 1 heterocycles. The molecule has 2 aromatic carbocycles. The van der Waals surface area contributed by atoms with Gasteiger partial charge in [0.2, 0.25) is 0 Å². The van der Waals surface area contributed by atoms with Crippen LogP contribution in [-0.2, 0) is 11.4 Å². The van der Waals surface area contributed by atoms with Crippen molar-refractivity contribution in [3.05, 3.63) is 52.5 Å². The third-order valence-corrected chi connectivity index (χ3v) is 3.98. The Labute approximate surface area is 148 Å². The van der Waals surface area contributed by atoms with Crippen molar-refractivity contribution in [2.45, 2.75) is 6.61 Å². The third-order valence-electron chi connectivity index (χ3n) is 3.24. The Morgan fingerprint density at radius 2 is 1.83 bits per heavy atom. The second-order valence-corrected chi connectivity index (χ2v) is 5.90. The number of fused-ring (bicyclic) bond motifs is 1. The largest absolute Gasteiger partial charge is 0.486 e. The fourth-order valence-electron chi connectivity index (χ4n) is 2.10. The average Bonchev–Trinajstić information content (AvgIpc) is 2.61. The lowest BCUT2D eigenvalue weighted by Crippen LogP contribution is -2.21. The zero-order chi connectivity index (χ0) is 16.8. The minimum Gasteiger partial charge on any atom is -0.486 e. The SMILES string of the molecule is N/C(COc1ccccc1)=N\OCc1cc2c(cc1Br)OCCO2. The highest BCUT2D eigenvalue weighted by Gasteiger charge is 2.15. The van der Waals surface area contributed by atoms with Gasteiger partial charge in [-0.05, 0) is 24.3 Å². The van der Waals surface area contributed by atoms with Crippen molar-refractivity contribution in [3.8, 4) is 17.2 Å². The number of rotatable bonds is 6. The lowest BCUT2D eigenvalue weighted by molar-refractivity contribution is 0.126. The van der Waals surface area contributed by atoms with Crippen molar-refractivity contribution in [2.24, 2.45) is 10.9 Å². The predicted octanol–water partition coefficient (Wildman–Crippen LogP) is 3.09. The minimum atomic E-state index is 0.159. The van der Waals surface area contributed by atoms with E-state index in [1.54, 1.807) is 0 Å². The van der Waals surface area contributed by atoms with Crippen LogP contribution in [0.2, 0.25) is 0 Å². The van der Waals surface area contributed by atoms with E-state index in [0.29, 0.717) is 19.0 Å². The number of halogens is 1. The van der Waals surface area contributed by atoms with Crippen LogP contribution >= 0.6 is 15.9 Å². The van der Waals surface area contributed by atoms with Crippen molar-refractivity contribution in [1.29, 1.82) is 0 Å². The van der Waals surface area contributed by atoms with Gasteiger partial charge in [0.25, 0.3) is 0 Å². The molecule has 7 heteroatoms. The molecule has 0 aromatic heterocycles. The van der Waals surface area contributed by atoms with Gasteiger partial charge in [0.05, 0.1) is 0 Å². The van der Waals surface area contributed by atoms with Gasteiger partial charge in [-0.3, -0.25) is 0 Å². The lowest BCUT2D eigenvalue weighted by Gasteiger charge is -2.19. The molecule has 0 saturated carbocycles. The second kappa shape index (κ2) is 7.92. The summed E-state index contributed by atoms with van der Waals surface area (Å²) in [7, 11) is 0. The summed E-state index contributed by atoms with van der Waals surface area (Å²) in [6, 6.07) is 13.1. The number of amidine groups is 1. The van der Waals surface area contributed by atoms with Gasteiger partial charge in [0, 0.05) is 10.0 Å². The molecule has 0 radical (unpaired) electrons. The second-order valence-electron chi connectivity index (χ2n) is 5.05. The summed E-state index contributed by atoms with van der Waals surface area (Å²) < 4.78 is 17.4. The fourth-order valence-corrected chi connectivity index (χ4v) is 2.54. The Kier molecular flexibility index (Phi) is 5.43. The van der Waals surface area contributed by atoms with Crippen LogP contribution in [-0.4, -0.2) is 25.7 Å². The highest BCUT2D eigenvalue weighted by molar-refractivity contribution is 9.10. The molecule has 3 rings (SSSR count). The third kappa shape index (κ3) is 4.32. The first-order valence-electron chi connectivity index (χ1n) is 7.42. The van der Waals surface area contributed by atoms with Gasteiger partial charge >= 0.3 is 0 Å². The Bertz CT molecular complexity index is 722. The Hall–Kier alpha value is -2.41. The quantitative estimate of drug-likeness (QED) is 0.464. The van der Waals surface area contributed by atoms with E-state index in [4.69, 9.17) is 24.8 Å².